The Morgan fingerprint density at radius 1 is 1.58 bits per heavy atom. The molecule has 1 aliphatic heterocycles. The molecule has 0 radical (unpaired) electrons. The monoisotopic (exact) mass is 391 g/mol. The van der Waals surface area contributed by atoms with Crippen molar-refractivity contribution in [1.82, 2.24) is 14.5 Å². The zero-order valence-corrected chi connectivity index (χ0v) is 13.7. The van der Waals surface area contributed by atoms with Crippen LogP contribution in [0.15, 0.2) is 11.0 Å². The smallest absolute Gasteiger partial charge is 0.369 e. The average molecular weight is 391 g/mol. The highest BCUT2D eigenvalue weighted by Gasteiger charge is 2.53. The summed E-state index contributed by atoms with van der Waals surface area (Å²) < 4.78 is 49.6. The summed E-state index contributed by atoms with van der Waals surface area (Å²) in [6.45, 7) is -1.15. The van der Waals surface area contributed by atoms with Crippen LogP contribution < -0.4 is 11.3 Å². The number of fused-ring (bicyclic) bond motifs is 1. The number of anilines is 1. The molecular formula is C12H12F2N5O6P. The van der Waals surface area contributed by atoms with Gasteiger partial charge in [0.05, 0.1) is 0 Å². The normalized spacial score (nSPS) is 26.3. The van der Waals surface area contributed by atoms with E-state index in [-0.39, 0.29) is 18.0 Å². The lowest BCUT2D eigenvalue weighted by atomic mass is 10.1. The fourth-order valence-corrected chi connectivity index (χ4v) is 3.09. The first-order valence-corrected chi connectivity index (χ1v) is 8.59. The van der Waals surface area contributed by atoms with Crippen LogP contribution in [0.1, 0.15) is 12.8 Å². The van der Waals surface area contributed by atoms with Crippen molar-refractivity contribution < 1.29 is 32.4 Å². The summed E-state index contributed by atoms with van der Waals surface area (Å²) in [6.07, 6.45) is -0.0756. The largest absolute Gasteiger partial charge is 0.469 e. The van der Waals surface area contributed by atoms with Crippen molar-refractivity contribution in [1.29, 1.82) is 5.26 Å². The molecule has 5 N–H and O–H groups in total. The third-order valence-electron chi connectivity index (χ3n) is 3.83. The second-order valence-electron chi connectivity index (χ2n) is 5.64. The Labute approximate surface area is 143 Å². The molecule has 1 aliphatic rings. The van der Waals surface area contributed by atoms with Crippen LogP contribution in [-0.4, -0.2) is 36.8 Å². The number of H-pyrrole nitrogens is 1. The van der Waals surface area contributed by atoms with E-state index < -0.39 is 49.2 Å². The maximum Gasteiger partial charge on any atom is 0.469 e. The third kappa shape index (κ3) is 3.09. The number of phosphoric acid groups is 1. The number of aromatic amines is 1. The molecule has 0 aromatic carbocycles. The second kappa shape index (κ2) is 5.83. The van der Waals surface area contributed by atoms with E-state index in [0.717, 1.165) is 10.8 Å². The summed E-state index contributed by atoms with van der Waals surface area (Å²) in [5, 5.41) is 9.01. The number of ether oxygens (including phenoxy) is 1. The van der Waals surface area contributed by atoms with Crippen molar-refractivity contribution in [3.63, 3.8) is 0 Å². The van der Waals surface area contributed by atoms with Crippen LogP contribution in [0.4, 0.5) is 14.7 Å². The van der Waals surface area contributed by atoms with Crippen LogP contribution in [0.5, 0.6) is 0 Å². The standard InChI is InChI=1S/C12H12F2N5O6P/c13-6-3-19(8-7(6)9(20)18-10(16)17-8)12(4-15)2-1-11(14,25-12)5-24-26(21,22)23/h3H,1-2,5H2,(H2,21,22,23)(H3,16,17,18,20)/t11-,12-/m0/s1. The molecule has 1 saturated heterocycles. The predicted octanol–water partition coefficient (Wildman–Crippen LogP) is 0.208. The minimum absolute atomic E-state index is 0.331. The van der Waals surface area contributed by atoms with Gasteiger partial charge in [-0.2, -0.15) is 10.2 Å². The number of halogens is 2. The third-order valence-corrected chi connectivity index (χ3v) is 4.29. The summed E-state index contributed by atoms with van der Waals surface area (Å²) in [4.78, 5) is 35.1. The molecule has 0 amide bonds. The molecular weight excluding hydrogens is 379 g/mol. The summed E-state index contributed by atoms with van der Waals surface area (Å²) in [7, 11) is -4.98. The van der Waals surface area contributed by atoms with Gasteiger partial charge in [-0.25, -0.2) is 13.3 Å². The molecule has 0 saturated carbocycles. The van der Waals surface area contributed by atoms with Gasteiger partial charge in [0.2, 0.25) is 17.5 Å². The van der Waals surface area contributed by atoms with Crippen molar-refractivity contribution in [2.24, 2.45) is 0 Å². The SMILES string of the molecule is N#C[C@]1(n2cc(F)c3c(=O)[nH]c(N)nc32)CC[C@@](F)(COP(=O)(O)O)O1. The Hall–Kier alpha value is -2.36. The summed E-state index contributed by atoms with van der Waals surface area (Å²) >= 11 is 0. The molecule has 26 heavy (non-hydrogen) atoms. The molecule has 0 unspecified atom stereocenters. The Morgan fingerprint density at radius 3 is 2.88 bits per heavy atom. The molecule has 1 fully saturated rings. The topological polar surface area (TPSA) is 176 Å². The van der Waals surface area contributed by atoms with E-state index in [2.05, 4.69) is 14.5 Å². The Bertz CT molecular complexity index is 1030. The quantitative estimate of drug-likeness (QED) is 0.530. The number of rotatable bonds is 4. The summed E-state index contributed by atoms with van der Waals surface area (Å²) in [5.74, 6) is -4.12. The fourth-order valence-electron chi connectivity index (χ4n) is 2.73. The lowest BCUT2D eigenvalue weighted by molar-refractivity contribution is -0.199. The number of nitrogens with one attached hydrogen (secondary N) is 1. The minimum atomic E-state index is -4.98. The zero-order valence-electron chi connectivity index (χ0n) is 12.8. The first-order chi connectivity index (χ1) is 12.0. The number of alkyl halides is 1. The van der Waals surface area contributed by atoms with Crippen molar-refractivity contribution in [2.45, 2.75) is 24.4 Å². The van der Waals surface area contributed by atoms with Crippen LogP contribution in [0.25, 0.3) is 11.0 Å². The van der Waals surface area contributed by atoms with E-state index in [1.54, 1.807) is 6.07 Å². The van der Waals surface area contributed by atoms with Crippen LogP contribution >= 0.6 is 7.82 Å². The molecule has 140 valence electrons. The molecule has 3 heterocycles. The molecule has 2 aromatic heterocycles. The maximum absolute atomic E-state index is 14.7. The molecule has 11 nitrogen and oxygen atoms in total. The number of phosphoric ester groups is 1. The fraction of sp³-hybridized carbons (Fsp3) is 0.417. The van der Waals surface area contributed by atoms with Gasteiger partial charge in [-0.3, -0.25) is 18.9 Å². The van der Waals surface area contributed by atoms with Crippen LogP contribution in [0, 0.1) is 17.1 Å². The highest BCUT2D eigenvalue weighted by Crippen LogP contribution is 2.46. The van der Waals surface area contributed by atoms with Crippen LogP contribution in [-0.2, 0) is 19.6 Å². The number of aromatic nitrogens is 3. The number of nitrogen functional groups attached to an aromatic ring is 1. The molecule has 2 aromatic rings. The van der Waals surface area contributed by atoms with Crippen molar-refractivity contribution in [3.05, 3.63) is 22.4 Å². The number of hydrogen-bond donors (Lipinski definition) is 4. The van der Waals surface area contributed by atoms with Gasteiger partial charge in [0.25, 0.3) is 5.56 Å². The van der Waals surface area contributed by atoms with E-state index in [1.807, 2.05) is 0 Å². The zero-order chi connectivity index (χ0) is 19.3. The van der Waals surface area contributed by atoms with E-state index in [9.17, 15) is 23.4 Å². The molecule has 0 spiro atoms. The van der Waals surface area contributed by atoms with Crippen molar-refractivity contribution in [3.8, 4) is 6.07 Å². The maximum atomic E-state index is 14.7. The number of hydrogen-bond acceptors (Lipinski definition) is 7. The number of nitriles is 1. The highest BCUT2D eigenvalue weighted by atomic mass is 31.2. The first-order valence-electron chi connectivity index (χ1n) is 7.06. The van der Waals surface area contributed by atoms with Crippen LogP contribution in [0.3, 0.4) is 0 Å². The molecule has 0 bridgehead atoms. The summed E-state index contributed by atoms with van der Waals surface area (Å²) in [6, 6.07) is 1.68. The van der Waals surface area contributed by atoms with Crippen molar-refractivity contribution >= 4 is 24.8 Å². The van der Waals surface area contributed by atoms with E-state index >= 15 is 0 Å². The van der Waals surface area contributed by atoms with Gasteiger partial charge in [-0.15, -0.1) is 0 Å². The Balaban J connectivity index is 2.06. The van der Waals surface area contributed by atoms with Gasteiger partial charge in [-0.1, -0.05) is 0 Å². The Kier molecular flexibility index (Phi) is 4.13. The molecule has 3 rings (SSSR count). The van der Waals surface area contributed by atoms with E-state index in [1.165, 1.54) is 0 Å². The van der Waals surface area contributed by atoms with Gasteiger partial charge < -0.3 is 20.3 Å². The van der Waals surface area contributed by atoms with Gasteiger partial charge in [0.1, 0.15) is 18.1 Å². The van der Waals surface area contributed by atoms with E-state index in [0.29, 0.717) is 0 Å². The van der Waals surface area contributed by atoms with Crippen LogP contribution in [0.2, 0.25) is 0 Å². The van der Waals surface area contributed by atoms with Crippen molar-refractivity contribution in [2.75, 3.05) is 12.3 Å². The summed E-state index contributed by atoms with van der Waals surface area (Å²) in [5.41, 5.74) is 2.07. The van der Waals surface area contributed by atoms with Gasteiger partial charge in [0.15, 0.2) is 11.5 Å². The number of nitrogens with two attached hydrogens (primary N) is 1. The lowest BCUT2D eigenvalue weighted by Crippen LogP contribution is -2.37. The first kappa shape index (κ1) is 18.4. The average Bonchev–Trinajstić information content (AvgIpc) is 3.04. The van der Waals surface area contributed by atoms with Gasteiger partial charge in [0, 0.05) is 19.0 Å². The molecule has 0 aliphatic carbocycles. The van der Waals surface area contributed by atoms with Gasteiger partial charge >= 0.3 is 7.82 Å². The van der Waals surface area contributed by atoms with E-state index in [4.69, 9.17) is 20.3 Å². The lowest BCUT2D eigenvalue weighted by Gasteiger charge is -2.26. The molecule has 14 heteroatoms. The minimum Gasteiger partial charge on any atom is -0.369 e. The predicted molar refractivity (Wildman–Crippen MR) is 80.5 cm³/mol. The Morgan fingerprint density at radius 2 is 2.27 bits per heavy atom. The highest BCUT2D eigenvalue weighted by molar-refractivity contribution is 7.46. The number of nitrogens with zero attached hydrogens (tertiary/aromatic N) is 3. The van der Waals surface area contributed by atoms with Gasteiger partial charge in [-0.05, 0) is 0 Å². The second-order valence-corrected chi connectivity index (χ2v) is 6.88. The molecule has 2 atom stereocenters.